The average molecular weight is 389 g/mol. The number of furan rings is 1. The molecule has 6 heteroatoms. The molecule has 2 aromatic rings. The molecule has 28 heavy (non-hydrogen) atoms. The van der Waals surface area contributed by atoms with E-state index in [9.17, 15) is 5.11 Å². The fourth-order valence-corrected chi connectivity index (χ4v) is 3.64. The number of hydrogen-bond donors (Lipinski definition) is 1. The van der Waals surface area contributed by atoms with E-state index >= 15 is 0 Å². The Morgan fingerprint density at radius 1 is 1.14 bits per heavy atom. The van der Waals surface area contributed by atoms with Crippen LogP contribution in [0.25, 0.3) is 0 Å². The van der Waals surface area contributed by atoms with E-state index in [0.717, 1.165) is 43.3 Å². The number of aliphatic hydroxyl groups is 1. The highest BCUT2D eigenvalue weighted by molar-refractivity contribution is 5.43. The smallest absolute Gasteiger partial charge is 0.161 e. The molecular weight excluding hydrogens is 356 g/mol. The van der Waals surface area contributed by atoms with Crippen LogP contribution in [0, 0.1) is 6.92 Å². The number of rotatable bonds is 10. The third-order valence-corrected chi connectivity index (χ3v) is 5.00. The Balaban J connectivity index is 1.52. The van der Waals surface area contributed by atoms with Crippen LogP contribution >= 0.6 is 0 Å². The molecule has 1 atom stereocenters. The molecule has 0 amide bonds. The summed E-state index contributed by atoms with van der Waals surface area (Å²) in [6.07, 6.45) is 1.94. The third kappa shape index (κ3) is 5.99. The van der Waals surface area contributed by atoms with Gasteiger partial charge in [-0.3, -0.25) is 4.90 Å². The second kappa shape index (κ2) is 9.96. The van der Waals surface area contributed by atoms with Gasteiger partial charge in [-0.25, -0.2) is 0 Å². The van der Waals surface area contributed by atoms with Crippen LogP contribution in [0.2, 0.25) is 0 Å². The van der Waals surface area contributed by atoms with Crippen molar-refractivity contribution in [2.45, 2.75) is 39.0 Å². The number of methoxy groups -OCH3 is 1. The van der Waals surface area contributed by atoms with E-state index in [1.807, 2.05) is 37.3 Å². The van der Waals surface area contributed by atoms with Crippen molar-refractivity contribution in [2.24, 2.45) is 0 Å². The molecule has 2 heterocycles. The quantitative estimate of drug-likeness (QED) is 0.675. The lowest BCUT2D eigenvalue weighted by Crippen LogP contribution is -2.33. The Kier molecular flexibility index (Phi) is 7.36. The second-order valence-electron chi connectivity index (χ2n) is 7.64. The van der Waals surface area contributed by atoms with Gasteiger partial charge in [-0.2, -0.15) is 0 Å². The summed E-state index contributed by atoms with van der Waals surface area (Å²) in [6, 6.07) is 9.94. The van der Waals surface area contributed by atoms with Crippen LogP contribution in [0.5, 0.6) is 11.5 Å². The van der Waals surface area contributed by atoms with Crippen LogP contribution in [0.3, 0.4) is 0 Å². The monoisotopic (exact) mass is 388 g/mol. The minimum atomic E-state index is -0.495. The molecule has 1 aromatic carbocycles. The Morgan fingerprint density at radius 3 is 2.61 bits per heavy atom. The van der Waals surface area contributed by atoms with Crippen molar-refractivity contribution in [1.82, 2.24) is 9.80 Å². The molecule has 0 spiro atoms. The van der Waals surface area contributed by atoms with Crippen LogP contribution in [0.4, 0.5) is 0 Å². The number of hydrogen-bond acceptors (Lipinski definition) is 6. The minimum Gasteiger partial charge on any atom is -0.493 e. The van der Waals surface area contributed by atoms with E-state index in [1.54, 1.807) is 7.11 Å². The summed E-state index contributed by atoms with van der Waals surface area (Å²) in [5, 5.41) is 10.2. The average Bonchev–Trinajstić information content (AvgIpc) is 3.32. The largest absolute Gasteiger partial charge is 0.493 e. The first-order valence-corrected chi connectivity index (χ1v) is 9.97. The second-order valence-corrected chi connectivity index (χ2v) is 7.64. The molecular formula is C22H32N2O4. The van der Waals surface area contributed by atoms with E-state index in [4.69, 9.17) is 13.9 Å². The molecule has 0 unspecified atom stereocenters. The van der Waals surface area contributed by atoms with Crippen LogP contribution in [0.15, 0.2) is 34.7 Å². The van der Waals surface area contributed by atoms with Gasteiger partial charge in [-0.15, -0.1) is 0 Å². The molecule has 1 aliphatic rings. The molecule has 0 saturated carbocycles. The van der Waals surface area contributed by atoms with Crippen LogP contribution in [0.1, 0.15) is 29.9 Å². The molecule has 1 fully saturated rings. The summed E-state index contributed by atoms with van der Waals surface area (Å²) in [6.45, 7) is 6.54. The van der Waals surface area contributed by atoms with E-state index < -0.39 is 6.10 Å². The number of β-amino-alcohol motifs (C(OH)–C–C–N with tert-alkyl or cyclic N) is 1. The van der Waals surface area contributed by atoms with Crippen molar-refractivity contribution in [3.63, 3.8) is 0 Å². The predicted molar refractivity (Wildman–Crippen MR) is 109 cm³/mol. The molecule has 1 aromatic heterocycles. The standard InChI is InChI=1S/C22H32N2O4/c1-17-6-8-20(28-17)15-23(2)13-18-7-9-21(22(12-18)26-3)27-16-19(25)14-24-10-4-5-11-24/h6-9,12,19,25H,4-5,10-11,13-16H2,1-3H3/t19-/m0/s1. The van der Waals surface area contributed by atoms with Gasteiger partial charge < -0.3 is 23.9 Å². The van der Waals surface area contributed by atoms with Crippen molar-refractivity contribution in [3.05, 3.63) is 47.4 Å². The van der Waals surface area contributed by atoms with Gasteiger partial charge >= 0.3 is 0 Å². The summed E-state index contributed by atoms with van der Waals surface area (Å²) in [5.41, 5.74) is 1.13. The van der Waals surface area contributed by atoms with Gasteiger partial charge in [0.05, 0.1) is 13.7 Å². The van der Waals surface area contributed by atoms with Gasteiger partial charge in [-0.1, -0.05) is 6.07 Å². The van der Waals surface area contributed by atoms with Gasteiger partial charge in [0.2, 0.25) is 0 Å². The number of aliphatic hydroxyl groups excluding tert-OH is 1. The summed E-state index contributed by atoms with van der Waals surface area (Å²) in [5.74, 6) is 3.24. The normalized spacial score (nSPS) is 15.9. The lowest BCUT2D eigenvalue weighted by Gasteiger charge is -2.20. The summed E-state index contributed by atoms with van der Waals surface area (Å²) in [4.78, 5) is 4.47. The maximum Gasteiger partial charge on any atom is 0.161 e. The lowest BCUT2D eigenvalue weighted by atomic mass is 10.2. The first-order chi connectivity index (χ1) is 13.5. The highest BCUT2D eigenvalue weighted by Crippen LogP contribution is 2.29. The minimum absolute atomic E-state index is 0.268. The van der Waals surface area contributed by atoms with Crippen molar-refractivity contribution in [3.8, 4) is 11.5 Å². The number of aryl methyl sites for hydroxylation is 1. The maximum atomic E-state index is 10.2. The zero-order valence-electron chi connectivity index (χ0n) is 17.2. The summed E-state index contributed by atoms with van der Waals surface area (Å²) >= 11 is 0. The van der Waals surface area contributed by atoms with Crippen molar-refractivity contribution in [2.75, 3.05) is 40.4 Å². The van der Waals surface area contributed by atoms with Gasteiger partial charge in [0.25, 0.3) is 0 Å². The first kappa shape index (κ1) is 20.7. The molecule has 1 aliphatic heterocycles. The molecule has 6 nitrogen and oxygen atoms in total. The number of benzene rings is 1. The van der Waals surface area contributed by atoms with Crippen LogP contribution < -0.4 is 9.47 Å². The van der Waals surface area contributed by atoms with Gasteiger partial charge in [0, 0.05) is 13.1 Å². The molecule has 0 bridgehead atoms. The van der Waals surface area contributed by atoms with E-state index in [2.05, 4.69) is 16.8 Å². The molecule has 1 N–H and O–H groups in total. The summed E-state index contributed by atoms with van der Waals surface area (Å²) < 4.78 is 17.0. The highest BCUT2D eigenvalue weighted by atomic mass is 16.5. The zero-order valence-corrected chi connectivity index (χ0v) is 17.2. The first-order valence-electron chi connectivity index (χ1n) is 9.97. The van der Waals surface area contributed by atoms with Crippen molar-refractivity contribution >= 4 is 0 Å². The van der Waals surface area contributed by atoms with Crippen LogP contribution in [-0.4, -0.2) is 61.4 Å². The fourth-order valence-electron chi connectivity index (χ4n) is 3.64. The number of likely N-dealkylation sites (tertiary alicyclic amines) is 1. The zero-order chi connectivity index (χ0) is 19.9. The van der Waals surface area contributed by atoms with Gasteiger partial charge in [0.15, 0.2) is 11.5 Å². The Bertz CT molecular complexity index is 740. The third-order valence-electron chi connectivity index (χ3n) is 5.00. The van der Waals surface area contributed by atoms with E-state index in [0.29, 0.717) is 18.0 Å². The number of ether oxygens (including phenoxy) is 2. The molecule has 0 radical (unpaired) electrons. The summed E-state index contributed by atoms with van der Waals surface area (Å²) in [7, 11) is 3.70. The lowest BCUT2D eigenvalue weighted by molar-refractivity contribution is 0.0747. The highest BCUT2D eigenvalue weighted by Gasteiger charge is 2.17. The van der Waals surface area contributed by atoms with Crippen LogP contribution in [-0.2, 0) is 13.1 Å². The Morgan fingerprint density at radius 2 is 1.93 bits per heavy atom. The van der Waals surface area contributed by atoms with E-state index in [1.165, 1.54) is 12.8 Å². The molecule has 154 valence electrons. The SMILES string of the molecule is COc1cc(CN(C)Cc2ccc(C)o2)ccc1OC[C@@H](O)CN1CCCC1. The van der Waals surface area contributed by atoms with Crippen molar-refractivity contribution in [1.29, 1.82) is 0 Å². The Hall–Kier alpha value is -2.02. The van der Waals surface area contributed by atoms with Crippen molar-refractivity contribution < 1.29 is 19.0 Å². The predicted octanol–water partition coefficient (Wildman–Crippen LogP) is 3.06. The number of nitrogens with zero attached hydrogens (tertiary/aromatic N) is 2. The van der Waals surface area contributed by atoms with Gasteiger partial charge in [0.1, 0.15) is 24.2 Å². The molecule has 0 aliphatic carbocycles. The van der Waals surface area contributed by atoms with E-state index in [-0.39, 0.29) is 6.61 Å². The fraction of sp³-hybridized carbons (Fsp3) is 0.545. The molecule has 3 rings (SSSR count). The maximum absolute atomic E-state index is 10.2. The molecule has 1 saturated heterocycles. The topological polar surface area (TPSA) is 58.3 Å². The Labute approximate surface area is 167 Å². The van der Waals surface area contributed by atoms with Gasteiger partial charge in [-0.05, 0) is 69.7 Å².